The molecule has 1 aromatic carbocycles. The van der Waals surface area contributed by atoms with Crippen LogP contribution in [0.3, 0.4) is 0 Å². The predicted molar refractivity (Wildman–Crippen MR) is 307 cm³/mol. The van der Waals surface area contributed by atoms with Crippen LogP contribution < -0.4 is 15.4 Å². The Hall–Kier alpha value is -6.25. The number of ketones is 1. The van der Waals surface area contributed by atoms with Crippen LogP contribution in [-0.2, 0) is 74.8 Å². The Labute approximate surface area is 499 Å². The van der Waals surface area contributed by atoms with Crippen molar-refractivity contribution in [2.45, 2.75) is 151 Å². The lowest BCUT2D eigenvalue weighted by Crippen LogP contribution is -2.63. The number of nitrogens with one attached hydrogen (secondary N) is 2. The molecule has 6 rings (SSSR count). The highest BCUT2D eigenvalue weighted by molar-refractivity contribution is 8.00. The van der Waals surface area contributed by atoms with Crippen molar-refractivity contribution in [2.24, 2.45) is 5.92 Å². The van der Waals surface area contributed by atoms with Gasteiger partial charge in [0.2, 0.25) is 23.6 Å². The second kappa shape index (κ2) is 30.2. The van der Waals surface area contributed by atoms with Crippen molar-refractivity contribution in [1.29, 1.82) is 0 Å². The normalized spacial score (nSPS) is 29.0. The second-order valence-corrected chi connectivity index (χ2v) is 23.5. The van der Waals surface area contributed by atoms with Crippen molar-refractivity contribution in [3.63, 3.8) is 0 Å². The topological polar surface area (TPSA) is 288 Å². The van der Waals surface area contributed by atoms with E-state index in [2.05, 4.69) is 10.6 Å². The summed E-state index contributed by atoms with van der Waals surface area (Å²) in [5, 5.41) is 16.9. The summed E-state index contributed by atoms with van der Waals surface area (Å²) in [6.45, 7) is 6.23. The molecule has 84 heavy (non-hydrogen) atoms. The van der Waals surface area contributed by atoms with Crippen LogP contribution in [-0.4, -0.2) is 219 Å². The first-order valence-electron chi connectivity index (χ1n) is 28.1. The van der Waals surface area contributed by atoms with Gasteiger partial charge in [-0.2, -0.15) is 11.8 Å². The number of alkyl carbamates (subject to hydrolysis) is 1. The van der Waals surface area contributed by atoms with Crippen molar-refractivity contribution in [3.8, 4) is 5.75 Å². The molecule has 26 heteroatoms. The van der Waals surface area contributed by atoms with E-state index in [1.807, 2.05) is 25.1 Å². The summed E-state index contributed by atoms with van der Waals surface area (Å²) in [4.78, 5) is 123. The predicted octanol–water partition coefficient (Wildman–Crippen LogP) is 4.68. The molecule has 7 amide bonds. The maximum atomic E-state index is 14.1. The highest BCUT2D eigenvalue weighted by atomic mass is 35.5. The van der Waals surface area contributed by atoms with E-state index in [9.17, 15) is 48.3 Å². The number of epoxide rings is 1. The van der Waals surface area contributed by atoms with Gasteiger partial charge in [0.1, 0.15) is 60.8 Å². The van der Waals surface area contributed by atoms with Crippen LogP contribution >= 0.6 is 23.4 Å². The fourth-order valence-electron chi connectivity index (χ4n) is 10.5. The number of amides is 7. The van der Waals surface area contributed by atoms with E-state index >= 15 is 0 Å². The Morgan fingerprint density at radius 2 is 1.73 bits per heavy atom. The molecule has 3 aliphatic heterocycles. The minimum atomic E-state index is -1.89. The molecule has 3 saturated heterocycles. The summed E-state index contributed by atoms with van der Waals surface area (Å²) in [6, 6.07) is 2.38. The molecule has 3 fully saturated rings. The highest BCUT2D eigenvalue weighted by Gasteiger charge is 2.64. The van der Waals surface area contributed by atoms with Gasteiger partial charge in [0, 0.05) is 86.0 Å². The van der Waals surface area contributed by atoms with Gasteiger partial charge in [0.25, 0.3) is 0 Å². The number of carbonyl (C=O) groups is 9. The first-order valence-corrected chi connectivity index (χ1v) is 29.8. The Balaban J connectivity index is 1.01. The number of aliphatic hydroxyl groups is 1. The van der Waals surface area contributed by atoms with E-state index in [1.165, 1.54) is 63.8 Å². The van der Waals surface area contributed by atoms with Crippen LogP contribution in [0.4, 0.5) is 14.4 Å². The number of imide groups is 1. The molecule has 5 aliphatic rings. The first kappa shape index (κ1) is 66.9. The summed E-state index contributed by atoms with van der Waals surface area (Å²) in [7, 11) is 7.20. The van der Waals surface area contributed by atoms with E-state index in [1.54, 1.807) is 44.4 Å². The molecule has 11 atom stereocenters. The van der Waals surface area contributed by atoms with Crippen LogP contribution in [0.15, 0.2) is 48.1 Å². The summed E-state index contributed by atoms with van der Waals surface area (Å²) in [5.74, 6) is -3.06. The average Bonchev–Trinajstić information content (AvgIpc) is 4.15. The van der Waals surface area contributed by atoms with Gasteiger partial charge in [-0.3, -0.25) is 34.2 Å². The average molecular weight is 1220 g/mol. The molecule has 3 unspecified atom stereocenters. The highest BCUT2D eigenvalue weighted by Crippen LogP contribution is 2.49. The van der Waals surface area contributed by atoms with Gasteiger partial charge in [0.05, 0.1) is 36.0 Å². The van der Waals surface area contributed by atoms with Gasteiger partial charge in [-0.25, -0.2) is 19.2 Å². The third-order valence-corrected chi connectivity index (χ3v) is 17.2. The molecule has 2 aliphatic carbocycles. The number of likely N-dealkylation sites (tertiary alicyclic amines) is 1. The number of nitrogens with zero attached hydrogens (tertiary/aromatic N) is 4. The van der Waals surface area contributed by atoms with Crippen molar-refractivity contribution in [1.82, 2.24) is 30.2 Å². The van der Waals surface area contributed by atoms with Gasteiger partial charge in [-0.15, -0.1) is 0 Å². The number of hydrogen-bond donors (Lipinski definition) is 3. The van der Waals surface area contributed by atoms with E-state index in [-0.39, 0.29) is 94.1 Å². The lowest BCUT2D eigenvalue weighted by Gasteiger charge is -2.42. The van der Waals surface area contributed by atoms with E-state index in [4.69, 9.17) is 49.5 Å². The number of hydrogen-bond acceptors (Lipinski definition) is 19. The smallest absolute Gasteiger partial charge is 0.410 e. The maximum absolute atomic E-state index is 14.1. The number of methoxy groups -OCH3 is 2. The number of thioether (sulfide) groups is 1. The van der Waals surface area contributed by atoms with Crippen molar-refractivity contribution < 1.29 is 86.2 Å². The van der Waals surface area contributed by atoms with Crippen molar-refractivity contribution >= 4 is 77.0 Å². The monoisotopic (exact) mass is 1220 g/mol. The fourth-order valence-corrected chi connectivity index (χ4v) is 11.4. The summed E-state index contributed by atoms with van der Waals surface area (Å²) in [5.41, 5.74) is -1.02. The van der Waals surface area contributed by atoms with Gasteiger partial charge in [-0.1, -0.05) is 60.9 Å². The lowest BCUT2D eigenvalue weighted by molar-refractivity contribution is -0.162. The fraction of sp³-hybridized carbons (Fsp3) is 0.638. The Kier molecular flexibility index (Phi) is 24.0. The largest absolute Gasteiger partial charge is 0.495 e. The molecule has 464 valence electrons. The van der Waals surface area contributed by atoms with Gasteiger partial charge in [0.15, 0.2) is 5.72 Å². The number of fused-ring (bicyclic) bond motifs is 5. The molecule has 24 nitrogen and oxygen atoms in total. The lowest BCUT2D eigenvalue weighted by atomic mass is 9.83. The van der Waals surface area contributed by atoms with Gasteiger partial charge in [-0.05, 0) is 76.0 Å². The number of likely N-dealkylation sites (N-methyl/N-ethyl adjacent to an activating group) is 3. The number of ether oxygens (including phenoxy) is 8. The van der Waals surface area contributed by atoms with E-state index in [0.717, 1.165) is 40.2 Å². The van der Waals surface area contributed by atoms with Crippen LogP contribution in [0, 0.1) is 5.92 Å². The molecule has 1 aromatic rings. The molecule has 0 saturated carbocycles. The number of rotatable bonds is 19. The maximum Gasteiger partial charge on any atom is 0.410 e. The summed E-state index contributed by atoms with van der Waals surface area (Å²) < 4.78 is 46.5. The number of benzene rings is 1. The zero-order valence-electron chi connectivity index (χ0n) is 49.5. The minimum absolute atomic E-state index is 0.0161. The number of carbonyl (C=O) groups excluding carboxylic acids is 9. The quantitative estimate of drug-likeness (QED) is 0.0557. The molecule has 3 heterocycles. The molecule has 3 N–H and O–H groups in total. The summed E-state index contributed by atoms with van der Waals surface area (Å²) >= 11 is 8.08. The van der Waals surface area contributed by atoms with Crippen LogP contribution in [0.1, 0.15) is 90.2 Å². The van der Waals surface area contributed by atoms with Crippen LogP contribution in [0.5, 0.6) is 5.75 Å². The van der Waals surface area contributed by atoms with Gasteiger partial charge < -0.3 is 63.0 Å². The molecular formula is C58H81ClN6O18S. The Bertz CT molecular complexity index is 2690. The number of esters is 1. The minimum Gasteiger partial charge on any atom is -0.495 e. The van der Waals surface area contributed by atoms with E-state index in [0.29, 0.717) is 24.2 Å². The number of allylic oxidation sites excluding steroid dienone is 4. The standard InChI is InChI=1S/C58H81ClN6O18S/c1-34-16-15-19-45(77-9)58(75)32-43(80-54(72)61-58)35(2)51-57(4,83-51)46(30-39(66)29-38-27-37(26-34)28-42(76-8)50(38)59)82-53(71)36(3)64(7)48(68)20-25-78-55(73)62(5)23-24-63(6)56(74)81-41-18-14-12-11-13-17-40(41)79-33-47(67)60-21-22-65-49(69)31-44(84-10)52(65)70/h14-16,18-19,27-28,35-36,40-41,43-46,51,75H,11-13,17,20-26,29-33H2,1-10H3,(H,60,67)(H,61,72)/b18-14+,19-15+,34-16+/t35-,36+,40?,41?,43+,44?,45-,46+,51+,57+,58+/m1/s1. The second-order valence-electron chi connectivity index (χ2n) is 22.1. The third kappa shape index (κ3) is 17.4. The Morgan fingerprint density at radius 1 is 1.00 bits per heavy atom. The zero-order chi connectivity index (χ0) is 61.6. The van der Waals surface area contributed by atoms with Crippen LogP contribution in [0.2, 0.25) is 5.02 Å². The van der Waals surface area contributed by atoms with E-state index < -0.39 is 101 Å². The van der Waals surface area contributed by atoms with Crippen molar-refractivity contribution in [2.75, 3.05) is 81.0 Å². The number of Topliss-reactive ketones (excluding diaryl/α,β-unsaturated/α-hetero) is 1. The molecule has 0 radical (unpaired) electrons. The molecule has 0 spiro atoms. The third-order valence-electron chi connectivity index (χ3n) is 15.9. The SMILES string of the molecule is COc1cc2cc(c1Cl)CC(=O)C[C@H](OC(=O)[C@H](C)N(C)C(=O)CCOC(=O)N(C)CCN(C)C(=O)OC1/C=C/CCCCC1OCC(=O)NCCN1C(=O)CC(SC)C1=O)[C@]1(C)O[C@H]1[C@H](C)[C@@H]1C[C@@](O)(NC(=O)O1)[C@H](OC)/C=C/C=C(\C)C2. The van der Waals surface area contributed by atoms with Gasteiger partial charge >= 0.3 is 24.2 Å². The zero-order valence-corrected chi connectivity index (χ0v) is 51.1. The molecular weight excluding hydrogens is 1140 g/mol. The Morgan fingerprint density at radius 3 is 2.42 bits per heavy atom. The molecule has 0 aromatic heterocycles. The van der Waals surface area contributed by atoms with Crippen LogP contribution in [0.25, 0.3) is 0 Å². The van der Waals surface area contributed by atoms with Crippen molar-refractivity contribution in [3.05, 3.63) is 64.2 Å². The molecule has 4 bridgehead atoms. The number of halogens is 1. The summed E-state index contributed by atoms with van der Waals surface area (Å²) in [6.07, 6.45) is 5.35. The first-order chi connectivity index (χ1) is 39.8.